The number of rotatable bonds is 9. The molecular formula is C20H27N5O5. The van der Waals surface area contributed by atoms with Crippen LogP contribution in [0.25, 0.3) is 0 Å². The maximum atomic E-state index is 13.3. The maximum Gasteiger partial charge on any atom is 0.330 e. The fourth-order valence-electron chi connectivity index (χ4n) is 3.15. The van der Waals surface area contributed by atoms with Crippen molar-refractivity contribution in [1.29, 1.82) is 0 Å². The van der Waals surface area contributed by atoms with E-state index in [4.69, 9.17) is 5.73 Å². The summed E-state index contributed by atoms with van der Waals surface area (Å²) in [6, 6.07) is 3.92. The Morgan fingerprint density at radius 2 is 1.90 bits per heavy atom. The summed E-state index contributed by atoms with van der Waals surface area (Å²) in [5.74, 6) is -0.574. The molecule has 1 heterocycles. The van der Waals surface area contributed by atoms with Crippen LogP contribution < -0.4 is 21.9 Å². The smallest absolute Gasteiger partial charge is 0.330 e. The van der Waals surface area contributed by atoms with Gasteiger partial charge in [0.15, 0.2) is 5.69 Å². The van der Waals surface area contributed by atoms with Crippen molar-refractivity contribution in [3.05, 3.63) is 60.3 Å². The van der Waals surface area contributed by atoms with Crippen LogP contribution in [0.5, 0.6) is 0 Å². The summed E-state index contributed by atoms with van der Waals surface area (Å²) in [5.41, 5.74) is 5.23. The van der Waals surface area contributed by atoms with Crippen LogP contribution in [-0.4, -0.2) is 26.9 Å². The Bertz CT molecular complexity index is 1060. The van der Waals surface area contributed by atoms with E-state index >= 15 is 0 Å². The van der Waals surface area contributed by atoms with Gasteiger partial charge in [-0.05, 0) is 31.4 Å². The zero-order valence-corrected chi connectivity index (χ0v) is 17.4. The van der Waals surface area contributed by atoms with E-state index in [0.29, 0.717) is 24.9 Å². The molecule has 0 saturated heterocycles. The Morgan fingerprint density at radius 3 is 2.47 bits per heavy atom. The van der Waals surface area contributed by atoms with Gasteiger partial charge in [0, 0.05) is 30.8 Å². The van der Waals surface area contributed by atoms with Crippen LogP contribution in [0.15, 0.2) is 27.8 Å². The summed E-state index contributed by atoms with van der Waals surface area (Å²) in [5, 5.41) is 11.0. The molecule has 30 heavy (non-hydrogen) atoms. The van der Waals surface area contributed by atoms with Crippen molar-refractivity contribution in [1.82, 2.24) is 9.55 Å². The lowest BCUT2D eigenvalue weighted by Crippen LogP contribution is -2.41. The number of aromatic nitrogens is 2. The summed E-state index contributed by atoms with van der Waals surface area (Å²) in [4.78, 5) is 52.1. The molecule has 10 nitrogen and oxygen atoms in total. The number of H-pyrrole nitrogens is 1. The molecule has 0 unspecified atom stereocenters. The van der Waals surface area contributed by atoms with Crippen LogP contribution in [0, 0.1) is 17.0 Å². The highest BCUT2D eigenvalue weighted by Crippen LogP contribution is 2.24. The number of nitrogens with two attached hydrogens (primary N) is 1. The molecule has 2 rings (SSSR count). The minimum Gasteiger partial charge on any atom is -0.383 e. The molecule has 0 atom stereocenters. The average molecular weight is 417 g/mol. The summed E-state index contributed by atoms with van der Waals surface area (Å²) in [6.45, 7) is 6.02. The fourth-order valence-corrected chi connectivity index (χ4v) is 3.15. The first kappa shape index (κ1) is 22.9. The summed E-state index contributed by atoms with van der Waals surface area (Å²) >= 11 is 0. The summed E-state index contributed by atoms with van der Waals surface area (Å²) < 4.78 is 1.26. The second-order valence-corrected chi connectivity index (χ2v) is 7.06. The van der Waals surface area contributed by atoms with Gasteiger partial charge in [0.25, 0.3) is 17.2 Å². The molecule has 0 bridgehead atoms. The number of nitrogens with zero attached hydrogens (tertiary/aromatic N) is 3. The number of amides is 1. The average Bonchev–Trinajstić information content (AvgIpc) is 2.69. The van der Waals surface area contributed by atoms with Crippen LogP contribution in [0.4, 0.5) is 17.2 Å². The van der Waals surface area contributed by atoms with Crippen molar-refractivity contribution in [2.45, 2.75) is 53.0 Å². The number of nitro benzene ring substituents is 1. The molecule has 3 N–H and O–H groups in total. The predicted molar refractivity (Wildman–Crippen MR) is 115 cm³/mol. The third-order valence-electron chi connectivity index (χ3n) is 4.85. The molecule has 162 valence electrons. The number of nitrogen functional groups attached to an aromatic ring is 1. The minimum absolute atomic E-state index is 0.0683. The number of aryl methyl sites for hydroxylation is 1. The number of nitro groups is 1. The van der Waals surface area contributed by atoms with E-state index < -0.39 is 22.1 Å². The molecule has 0 spiro atoms. The third-order valence-corrected chi connectivity index (χ3v) is 4.85. The topological polar surface area (TPSA) is 144 Å². The number of aromatic amines is 1. The lowest BCUT2D eigenvalue weighted by molar-refractivity contribution is -0.384. The number of hydrogen-bond donors (Lipinski definition) is 2. The lowest BCUT2D eigenvalue weighted by atomic mass is 10.1. The van der Waals surface area contributed by atoms with E-state index in [-0.39, 0.29) is 29.3 Å². The van der Waals surface area contributed by atoms with Crippen molar-refractivity contribution in [2.24, 2.45) is 0 Å². The number of nitrogens with one attached hydrogen (secondary N) is 1. The number of carbonyl (C=O) groups excluding carboxylic acids is 1. The maximum absolute atomic E-state index is 13.3. The van der Waals surface area contributed by atoms with E-state index in [0.717, 1.165) is 12.8 Å². The van der Waals surface area contributed by atoms with E-state index in [9.17, 15) is 24.5 Å². The Morgan fingerprint density at radius 1 is 1.23 bits per heavy atom. The van der Waals surface area contributed by atoms with Gasteiger partial charge in [-0.1, -0.05) is 26.7 Å². The van der Waals surface area contributed by atoms with Crippen molar-refractivity contribution >= 4 is 23.1 Å². The molecule has 0 radical (unpaired) electrons. The zero-order valence-electron chi connectivity index (χ0n) is 17.4. The first-order valence-corrected chi connectivity index (χ1v) is 9.92. The van der Waals surface area contributed by atoms with Gasteiger partial charge in [-0.15, -0.1) is 0 Å². The Kier molecular flexibility index (Phi) is 7.51. The van der Waals surface area contributed by atoms with Gasteiger partial charge in [-0.3, -0.25) is 29.3 Å². The third kappa shape index (κ3) is 4.76. The van der Waals surface area contributed by atoms with Crippen LogP contribution in [0.3, 0.4) is 0 Å². The minimum atomic E-state index is -0.741. The summed E-state index contributed by atoms with van der Waals surface area (Å²) in [6.07, 6.45) is 2.86. The second-order valence-electron chi connectivity index (χ2n) is 7.06. The first-order valence-electron chi connectivity index (χ1n) is 9.92. The molecule has 0 aliphatic carbocycles. The lowest BCUT2D eigenvalue weighted by Gasteiger charge is -2.25. The van der Waals surface area contributed by atoms with Crippen molar-refractivity contribution in [3.63, 3.8) is 0 Å². The molecule has 10 heteroatoms. The molecule has 2 aromatic rings. The monoisotopic (exact) mass is 417 g/mol. The Labute approximate surface area is 173 Å². The number of non-ortho nitro benzene ring substituents is 1. The zero-order chi connectivity index (χ0) is 22.4. The first-order chi connectivity index (χ1) is 14.2. The number of carbonyl (C=O) groups is 1. The highest BCUT2D eigenvalue weighted by Gasteiger charge is 2.26. The van der Waals surface area contributed by atoms with E-state index in [2.05, 4.69) is 4.98 Å². The fraction of sp³-hybridized carbons (Fsp3) is 0.450. The second kappa shape index (κ2) is 9.86. The highest BCUT2D eigenvalue weighted by atomic mass is 16.6. The SMILES string of the molecule is CCCCN(C(=O)c1ccc([N+](=O)[O-])cc1C)c1c(N)n(CCCC)c(=O)[nH]c1=O. The molecule has 1 aromatic carbocycles. The molecule has 0 saturated carbocycles. The van der Waals surface area contributed by atoms with Gasteiger partial charge in [-0.2, -0.15) is 0 Å². The van der Waals surface area contributed by atoms with E-state index in [1.165, 1.54) is 27.7 Å². The quantitative estimate of drug-likeness (QED) is 0.474. The van der Waals surface area contributed by atoms with Crippen LogP contribution in [-0.2, 0) is 6.54 Å². The standard InChI is InChI=1S/C20H27N5O5/c1-4-6-10-23(19(27)15-9-8-14(25(29)30)12-13(15)3)16-17(21)24(11-7-5-2)20(28)22-18(16)26/h8-9,12H,4-7,10-11,21H2,1-3H3,(H,22,26,28). The van der Waals surface area contributed by atoms with Gasteiger partial charge < -0.3 is 10.6 Å². The van der Waals surface area contributed by atoms with Gasteiger partial charge in [0.1, 0.15) is 5.82 Å². The molecular weight excluding hydrogens is 390 g/mol. The summed E-state index contributed by atoms with van der Waals surface area (Å²) in [7, 11) is 0. The predicted octanol–water partition coefficient (Wildman–Crippen LogP) is 2.58. The Balaban J connectivity index is 2.61. The molecule has 0 fully saturated rings. The van der Waals surface area contributed by atoms with E-state index in [1.54, 1.807) is 6.92 Å². The van der Waals surface area contributed by atoms with Gasteiger partial charge >= 0.3 is 5.69 Å². The van der Waals surface area contributed by atoms with Gasteiger partial charge in [-0.25, -0.2) is 4.79 Å². The number of anilines is 2. The molecule has 0 aliphatic rings. The Hall–Kier alpha value is -3.43. The van der Waals surface area contributed by atoms with Crippen molar-refractivity contribution < 1.29 is 9.72 Å². The molecule has 1 amide bonds. The van der Waals surface area contributed by atoms with Crippen molar-refractivity contribution in [2.75, 3.05) is 17.2 Å². The number of unbranched alkanes of at least 4 members (excludes halogenated alkanes) is 2. The van der Waals surface area contributed by atoms with Gasteiger partial charge in [0.05, 0.1) is 4.92 Å². The van der Waals surface area contributed by atoms with Crippen LogP contribution in [0.2, 0.25) is 0 Å². The van der Waals surface area contributed by atoms with Crippen molar-refractivity contribution in [3.8, 4) is 0 Å². The number of benzene rings is 1. The number of hydrogen-bond acceptors (Lipinski definition) is 6. The van der Waals surface area contributed by atoms with Crippen LogP contribution in [0.1, 0.15) is 55.5 Å². The largest absolute Gasteiger partial charge is 0.383 e. The highest BCUT2D eigenvalue weighted by molar-refractivity contribution is 6.08. The molecule has 0 aliphatic heterocycles. The van der Waals surface area contributed by atoms with Gasteiger partial charge in [0.2, 0.25) is 0 Å². The molecule has 1 aromatic heterocycles. The van der Waals surface area contributed by atoms with Crippen LogP contribution >= 0.6 is 0 Å². The normalized spacial score (nSPS) is 10.8. The van der Waals surface area contributed by atoms with E-state index in [1.807, 2.05) is 13.8 Å².